The second kappa shape index (κ2) is 5.88. The molecule has 0 saturated carbocycles. The van der Waals surface area contributed by atoms with Gasteiger partial charge in [0.25, 0.3) is 5.69 Å². The summed E-state index contributed by atoms with van der Waals surface area (Å²) >= 11 is 0. The van der Waals surface area contributed by atoms with E-state index in [4.69, 9.17) is 12.2 Å². The molecule has 0 radical (unpaired) electrons. The number of terminal acetylenes is 1. The minimum atomic E-state index is -1.53. The quantitative estimate of drug-likeness (QED) is 0.487. The lowest BCUT2D eigenvalue weighted by Gasteiger charge is -2.10. The maximum atomic E-state index is 13.5. The molecule has 0 fully saturated rings. The molecule has 1 amide bonds. The van der Waals surface area contributed by atoms with Gasteiger partial charge in [0.05, 0.1) is 11.0 Å². The molecule has 3 N–H and O–H groups in total. The number of rotatable bonds is 4. The van der Waals surface area contributed by atoms with Gasteiger partial charge in [-0.05, 0) is 6.07 Å². The molecule has 1 unspecified atom stereocenters. The van der Waals surface area contributed by atoms with Gasteiger partial charge in [0.15, 0.2) is 17.3 Å². The molecule has 0 aliphatic rings. The smallest absolute Gasteiger partial charge is 0.296 e. The van der Waals surface area contributed by atoms with Crippen molar-refractivity contribution in [2.75, 3.05) is 5.32 Å². The van der Waals surface area contributed by atoms with E-state index in [0.29, 0.717) is 6.07 Å². The summed E-state index contributed by atoms with van der Waals surface area (Å²) in [5.41, 5.74) is 3.70. The van der Waals surface area contributed by atoms with Crippen molar-refractivity contribution in [2.45, 2.75) is 12.5 Å². The molecule has 1 aromatic rings. The average Bonchev–Trinajstić information content (AvgIpc) is 2.34. The summed E-state index contributed by atoms with van der Waals surface area (Å²) in [7, 11) is 0. The van der Waals surface area contributed by atoms with Crippen molar-refractivity contribution >= 4 is 17.3 Å². The van der Waals surface area contributed by atoms with Crippen molar-refractivity contribution in [3.8, 4) is 12.3 Å². The Bertz CT molecular complexity index is 569. The van der Waals surface area contributed by atoms with E-state index in [0.717, 1.165) is 6.07 Å². The van der Waals surface area contributed by atoms with Crippen LogP contribution in [0.1, 0.15) is 6.42 Å². The molecule has 19 heavy (non-hydrogen) atoms. The van der Waals surface area contributed by atoms with Gasteiger partial charge in [-0.25, -0.2) is 8.78 Å². The average molecular weight is 269 g/mol. The molecular formula is C11H9F2N3O3. The summed E-state index contributed by atoms with van der Waals surface area (Å²) in [6, 6.07) is 0.151. The van der Waals surface area contributed by atoms with Gasteiger partial charge in [-0.1, -0.05) is 0 Å². The Labute approximate surface area is 106 Å². The summed E-state index contributed by atoms with van der Waals surface area (Å²) in [6.07, 6.45) is 4.80. The number of halogens is 2. The highest BCUT2D eigenvalue weighted by Crippen LogP contribution is 2.29. The number of hydrogen-bond acceptors (Lipinski definition) is 4. The number of benzene rings is 1. The van der Waals surface area contributed by atoms with Gasteiger partial charge in [-0.15, -0.1) is 12.3 Å². The monoisotopic (exact) mass is 269 g/mol. The zero-order valence-corrected chi connectivity index (χ0v) is 9.52. The summed E-state index contributed by atoms with van der Waals surface area (Å²) in [5, 5.41) is 12.5. The Morgan fingerprint density at radius 1 is 1.58 bits per heavy atom. The van der Waals surface area contributed by atoms with Crippen molar-refractivity contribution in [3.63, 3.8) is 0 Å². The molecule has 8 heteroatoms. The topological polar surface area (TPSA) is 98.3 Å². The van der Waals surface area contributed by atoms with Gasteiger partial charge in [0.1, 0.15) is 0 Å². The van der Waals surface area contributed by atoms with Crippen LogP contribution in [0.15, 0.2) is 12.1 Å². The van der Waals surface area contributed by atoms with Crippen LogP contribution in [0.5, 0.6) is 0 Å². The van der Waals surface area contributed by atoms with E-state index in [-0.39, 0.29) is 6.42 Å². The molecule has 100 valence electrons. The van der Waals surface area contributed by atoms with Crippen LogP contribution >= 0.6 is 0 Å². The minimum absolute atomic E-state index is 0.142. The van der Waals surface area contributed by atoms with E-state index in [9.17, 15) is 23.7 Å². The fraction of sp³-hybridized carbons (Fsp3) is 0.182. The second-order valence-electron chi connectivity index (χ2n) is 3.52. The number of nitrogens with zero attached hydrogens (tertiary/aromatic N) is 1. The Hall–Kier alpha value is -2.53. The molecule has 0 aliphatic heterocycles. The minimum Gasteiger partial charge on any atom is -0.319 e. The van der Waals surface area contributed by atoms with Gasteiger partial charge in [-0.2, -0.15) is 0 Å². The Morgan fingerprint density at radius 2 is 2.21 bits per heavy atom. The predicted octanol–water partition coefficient (Wildman–Crippen LogP) is 1.16. The number of hydrogen-bond donors (Lipinski definition) is 2. The first-order valence-corrected chi connectivity index (χ1v) is 5.00. The lowest BCUT2D eigenvalue weighted by Crippen LogP contribution is -2.35. The van der Waals surface area contributed by atoms with E-state index < -0.39 is 39.9 Å². The van der Waals surface area contributed by atoms with Crippen LogP contribution in [-0.4, -0.2) is 16.9 Å². The molecular weight excluding hydrogens is 260 g/mol. The van der Waals surface area contributed by atoms with Crippen molar-refractivity contribution in [1.29, 1.82) is 0 Å². The molecule has 0 aromatic heterocycles. The second-order valence-corrected chi connectivity index (χ2v) is 3.52. The largest absolute Gasteiger partial charge is 0.319 e. The maximum Gasteiger partial charge on any atom is 0.296 e. The van der Waals surface area contributed by atoms with Gasteiger partial charge in [0, 0.05) is 12.5 Å². The van der Waals surface area contributed by atoms with E-state index in [1.807, 2.05) is 5.32 Å². The highest BCUT2D eigenvalue weighted by atomic mass is 19.2. The van der Waals surface area contributed by atoms with E-state index in [1.165, 1.54) is 0 Å². The van der Waals surface area contributed by atoms with Gasteiger partial charge in [0.2, 0.25) is 5.91 Å². The third kappa shape index (κ3) is 3.23. The molecule has 0 aliphatic carbocycles. The summed E-state index contributed by atoms with van der Waals surface area (Å²) in [6.45, 7) is 0. The van der Waals surface area contributed by atoms with Crippen LogP contribution in [0, 0.1) is 34.1 Å². The van der Waals surface area contributed by atoms with Gasteiger partial charge in [-0.3, -0.25) is 14.9 Å². The zero-order chi connectivity index (χ0) is 14.6. The molecule has 1 atom stereocenters. The first-order chi connectivity index (χ1) is 8.88. The number of nitrogens with one attached hydrogen (secondary N) is 1. The predicted molar refractivity (Wildman–Crippen MR) is 63.1 cm³/mol. The van der Waals surface area contributed by atoms with E-state index in [2.05, 4.69) is 5.92 Å². The van der Waals surface area contributed by atoms with Crippen molar-refractivity contribution in [3.05, 3.63) is 33.9 Å². The normalized spacial score (nSPS) is 11.5. The first kappa shape index (κ1) is 14.5. The molecule has 0 heterocycles. The van der Waals surface area contributed by atoms with Crippen LogP contribution in [-0.2, 0) is 4.79 Å². The number of amides is 1. The van der Waals surface area contributed by atoms with Gasteiger partial charge >= 0.3 is 0 Å². The number of nitro groups is 1. The number of nitrogens with two attached hydrogens (primary N) is 1. The summed E-state index contributed by atoms with van der Waals surface area (Å²) in [5.74, 6) is -1.69. The van der Waals surface area contributed by atoms with Crippen molar-refractivity contribution in [1.82, 2.24) is 0 Å². The summed E-state index contributed by atoms with van der Waals surface area (Å²) < 4.78 is 26.5. The van der Waals surface area contributed by atoms with Crippen LogP contribution in [0.2, 0.25) is 0 Å². The Kier molecular flexibility index (Phi) is 4.50. The SMILES string of the molecule is C#CCC(N)C(=O)Nc1c([N+](=O)[O-])ccc(F)c1F. The van der Waals surface area contributed by atoms with Gasteiger partial charge < -0.3 is 11.1 Å². The highest BCUT2D eigenvalue weighted by molar-refractivity contribution is 5.96. The molecule has 1 aromatic carbocycles. The van der Waals surface area contributed by atoms with Crippen LogP contribution in [0.4, 0.5) is 20.2 Å². The number of carbonyl (C=O) groups excluding carboxylic acids is 1. The lowest BCUT2D eigenvalue weighted by atomic mass is 10.2. The summed E-state index contributed by atoms with van der Waals surface area (Å²) in [4.78, 5) is 21.2. The van der Waals surface area contributed by atoms with E-state index in [1.54, 1.807) is 0 Å². The number of nitro benzene ring substituents is 1. The lowest BCUT2D eigenvalue weighted by molar-refractivity contribution is -0.384. The molecule has 6 nitrogen and oxygen atoms in total. The number of carbonyl (C=O) groups is 1. The molecule has 0 spiro atoms. The fourth-order valence-electron chi connectivity index (χ4n) is 1.25. The zero-order valence-electron chi connectivity index (χ0n) is 9.52. The van der Waals surface area contributed by atoms with Crippen molar-refractivity contribution in [2.24, 2.45) is 5.73 Å². The third-order valence-corrected chi connectivity index (χ3v) is 2.19. The highest BCUT2D eigenvalue weighted by Gasteiger charge is 2.25. The number of anilines is 1. The molecule has 0 bridgehead atoms. The maximum absolute atomic E-state index is 13.5. The third-order valence-electron chi connectivity index (χ3n) is 2.19. The van der Waals surface area contributed by atoms with Crippen molar-refractivity contribution < 1.29 is 18.5 Å². The Balaban J connectivity index is 3.13. The fourth-order valence-corrected chi connectivity index (χ4v) is 1.25. The van der Waals surface area contributed by atoms with E-state index >= 15 is 0 Å². The standard InChI is InChI=1S/C11H9F2N3O3/c1-2-3-7(14)11(17)15-10-8(16(18)19)5-4-6(12)9(10)13/h1,4-5,7H,3,14H2,(H,15,17). The molecule has 0 saturated heterocycles. The van der Waals surface area contributed by atoms with Crippen LogP contribution in [0.25, 0.3) is 0 Å². The van der Waals surface area contributed by atoms with Crippen LogP contribution in [0.3, 0.4) is 0 Å². The first-order valence-electron chi connectivity index (χ1n) is 5.00. The molecule has 1 rings (SSSR count). The van der Waals surface area contributed by atoms with Crippen LogP contribution < -0.4 is 11.1 Å². The Morgan fingerprint density at radius 3 is 2.74 bits per heavy atom.